The molecule has 0 heterocycles. The number of ether oxygens (including phenoxy) is 1. The maximum absolute atomic E-state index is 10.1. The fourth-order valence-corrected chi connectivity index (χ4v) is 2.11. The van der Waals surface area contributed by atoms with Crippen molar-refractivity contribution in [3.05, 3.63) is 35.4 Å². The number of aliphatic hydroxyl groups is 1. The lowest BCUT2D eigenvalue weighted by Gasteiger charge is -2.11. The molecular weight excluding hydrogens is 224 g/mol. The van der Waals surface area contributed by atoms with E-state index in [4.69, 9.17) is 4.74 Å². The Bertz CT molecular complexity index is 305. The van der Waals surface area contributed by atoms with Crippen LogP contribution < -0.4 is 0 Å². The number of aliphatic hydroxyl groups excluding tert-OH is 1. The zero-order valence-corrected chi connectivity index (χ0v) is 11.7. The van der Waals surface area contributed by atoms with Gasteiger partial charge in [-0.05, 0) is 17.5 Å². The Morgan fingerprint density at radius 2 is 1.72 bits per heavy atom. The van der Waals surface area contributed by atoms with Crippen LogP contribution in [0, 0.1) is 0 Å². The van der Waals surface area contributed by atoms with E-state index in [1.165, 1.54) is 25.7 Å². The van der Waals surface area contributed by atoms with Crippen LogP contribution in [0.3, 0.4) is 0 Å². The smallest absolute Gasteiger partial charge is 0.0790 e. The van der Waals surface area contributed by atoms with E-state index < -0.39 is 0 Å². The van der Waals surface area contributed by atoms with E-state index in [-0.39, 0.29) is 6.10 Å². The first kappa shape index (κ1) is 15.2. The molecule has 1 N–H and O–H groups in total. The normalized spacial score (nSPS) is 12.6. The molecule has 18 heavy (non-hydrogen) atoms. The van der Waals surface area contributed by atoms with Crippen LogP contribution >= 0.6 is 0 Å². The highest BCUT2D eigenvalue weighted by Crippen LogP contribution is 2.20. The lowest BCUT2D eigenvalue weighted by Crippen LogP contribution is -1.98. The summed E-state index contributed by atoms with van der Waals surface area (Å²) in [5.41, 5.74) is 2.17. The van der Waals surface area contributed by atoms with E-state index in [0.717, 1.165) is 24.0 Å². The van der Waals surface area contributed by atoms with Crippen LogP contribution in [-0.4, -0.2) is 12.2 Å². The largest absolute Gasteiger partial charge is 0.388 e. The maximum Gasteiger partial charge on any atom is 0.0790 e. The van der Waals surface area contributed by atoms with Crippen molar-refractivity contribution < 1.29 is 9.84 Å². The minimum atomic E-state index is -0.316. The molecule has 1 rings (SSSR count). The highest BCUT2D eigenvalue weighted by atomic mass is 16.5. The van der Waals surface area contributed by atoms with Gasteiger partial charge in [0, 0.05) is 7.11 Å². The van der Waals surface area contributed by atoms with Crippen LogP contribution in [0.4, 0.5) is 0 Å². The first-order valence-corrected chi connectivity index (χ1v) is 7.03. The molecule has 2 nitrogen and oxygen atoms in total. The van der Waals surface area contributed by atoms with Crippen molar-refractivity contribution in [3.63, 3.8) is 0 Å². The predicted octanol–water partition coefficient (Wildman–Crippen LogP) is 4.23. The van der Waals surface area contributed by atoms with Crippen molar-refractivity contribution in [1.29, 1.82) is 0 Å². The number of rotatable bonds is 9. The summed E-state index contributed by atoms with van der Waals surface area (Å²) >= 11 is 0. The van der Waals surface area contributed by atoms with Crippen LogP contribution in [0.15, 0.2) is 24.3 Å². The maximum atomic E-state index is 10.1. The summed E-state index contributed by atoms with van der Waals surface area (Å²) in [6.07, 6.45) is 6.76. The number of unbranched alkanes of at least 4 members (excludes halogenated alkanes) is 4. The Labute approximate surface area is 111 Å². The van der Waals surface area contributed by atoms with E-state index in [2.05, 4.69) is 6.92 Å². The average Bonchev–Trinajstić information content (AvgIpc) is 2.39. The lowest BCUT2D eigenvalue weighted by molar-refractivity contribution is 0.163. The Morgan fingerprint density at radius 3 is 2.33 bits per heavy atom. The molecule has 0 aliphatic rings. The second kappa shape index (κ2) is 9.12. The molecule has 0 amide bonds. The zero-order chi connectivity index (χ0) is 13.2. The molecule has 2 heteroatoms. The Kier molecular flexibility index (Phi) is 7.70. The summed E-state index contributed by atoms with van der Waals surface area (Å²) in [7, 11) is 1.69. The van der Waals surface area contributed by atoms with Gasteiger partial charge in [-0.1, -0.05) is 63.3 Å². The van der Waals surface area contributed by atoms with Gasteiger partial charge >= 0.3 is 0 Å². The van der Waals surface area contributed by atoms with E-state index in [0.29, 0.717) is 6.61 Å². The quantitative estimate of drug-likeness (QED) is 0.665. The molecule has 0 radical (unpaired) electrons. The van der Waals surface area contributed by atoms with Crippen LogP contribution in [0.1, 0.15) is 62.7 Å². The van der Waals surface area contributed by atoms with Crippen molar-refractivity contribution in [1.82, 2.24) is 0 Å². The molecular formula is C16H26O2. The molecule has 0 spiro atoms. The summed E-state index contributed by atoms with van der Waals surface area (Å²) in [6.45, 7) is 2.85. The van der Waals surface area contributed by atoms with Crippen molar-refractivity contribution in [2.75, 3.05) is 7.11 Å². The minimum absolute atomic E-state index is 0.316. The summed E-state index contributed by atoms with van der Waals surface area (Å²) < 4.78 is 5.07. The van der Waals surface area contributed by atoms with Crippen LogP contribution in [0.5, 0.6) is 0 Å². The monoisotopic (exact) mass is 250 g/mol. The first-order chi connectivity index (χ1) is 8.77. The molecule has 0 aromatic heterocycles. The third kappa shape index (κ3) is 5.65. The standard InChI is InChI=1S/C16H26O2/c1-3-4-5-6-7-8-16(17)15-11-9-14(10-12-15)13-18-2/h9-12,16-17H,3-8,13H2,1-2H3. The molecule has 0 fully saturated rings. The molecule has 1 aromatic carbocycles. The Hall–Kier alpha value is -0.860. The zero-order valence-electron chi connectivity index (χ0n) is 11.7. The fraction of sp³-hybridized carbons (Fsp3) is 0.625. The van der Waals surface area contributed by atoms with E-state index in [1.807, 2.05) is 24.3 Å². The molecule has 1 atom stereocenters. The third-order valence-electron chi connectivity index (χ3n) is 3.26. The molecule has 0 saturated heterocycles. The van der Waals surface area contributed by atoms with Gasteiger partial charge in [-0.3, -0.25) is 0 Å². The third-order valence-corrected chi connectivity index (χ3v) is 3.26. The molecule has 102 valence electrons. The van der Waals surface area contributed by atoms with Crippen molar-refractivity contribution >= 4 is 0 Å². The number of methoxy groups -OCH3 is 1. The van der Waals surface area contributed by atoms with Gasteiger partial charge in [-0.15, -0.1) is 0 Å². The number of hydrogen-bond donors (Lipinski definition) is 1. The van der Waals surface area contributed by atoms with Gasteiger partial charge in [0.05, 0.1) is 12.7 Å². The second-order valence-electron chi connectivity index (χ2n) is 4.89. The summed E-state index contributed by atoms with van der Waals surface area (Å²) in [4.78, 5) is 0. The van der Waals surface area contributed by atoms with Crippen LogP contribution in [0.2, 0.25) is 0 Å². The van der Waals surface area contributed by atoms with Crippen LogP contribution in [0.25, 0.3) is 0 Å². The van der Waals surface area contributed by atoms with Gasteiger partial charge in [0.1, 0.15) is 0 Å². The average molecular weight is 250 g/mol. The SMILES string of the molecule is CCCCCCCC(O)c1ccc(COC)cc1. The second-order valence-corrected chi connectivity index (χ2v) is 4.89. The molecule has 1 unspecified atom stereocenters. The number of benzene rings is 1. The molecule has 0 aliphatic carbocycles. The predicted molar refractivity (Wildman–Crippen MR) is 75.5 cm³/mol. The molecule has 0 bridgehead atoms. The van der Waals surface area contributed by atoms with Gasteiger partial charge in [0.2, 0.25) is 0 Å². The first-order valence-electron chi connectivity index (χ1n) is 7.03. The van der Waals surface area contributed by atoms with Crippen LogP contribution in [-0.2, 0) is 11.3 Å². The highest BCUT2D eigenvalue weighted by Gasteiger charge is 2.06. The van der Waals surface area contributed by atoms with E-state index in [1.54, 1.807) is 7.11 Å². The van der Waals surface area contributed by atoms with Crippen molar-refractivity contribution in [2.24, 2.45) is 0 Å². The van der Waals surface area contributed by atoms with Gasteiger partial charge < -0.3 is 9.84 Å². The molecule has 0 aliphatic heterocycles. The summed E-state index contributed by atoms with van der Waals surface area (Å²) in [5, 5.41) is 10.1. The fourth-order valence-electron chi connectivity index (χ4n) is 2.11. The minimum Gasteiger partial charge on any atom is -0.388 e. The Morgan fingerprint density at radius 1 is 1.06 bits per heavy atom. The topological polar surface area (TPSA) is 29.5 Å². The van der Waals surface area contributed by atoms with Gasteiger partial charge in [-0.25, -0.2) is 0 Å². The molecule has 1 aromatic rings. The number of hydrogen-bond acceptors (Lipinski definition) is 2. The van der Waals surface area contributed by atoms with E-state index in [9.17, 15) is 5.11 Å². The Balaban J connectivity index is 2.30. The van der Waals surface area contributed by atoms with Crippen molar-refractivity contribution in [3.8, 4) is 0 Å². The van der Waals surface area contributed by atoms with Gasteiger partial charge in [-0.2, -0.15) is 0 Å². The van der Waals surface area contributed by atoms with Gasteiger partial charge in [0.25, 0.3) is 0 Å². The lowest BCUT2D eigenvalue weighted by atomic mass is 10.0. The summed E-state index contributed by atoms with van der Waals surface area (Å²) in [6, 6.07) is 8.06. The van der Waals surface area contributed by atoms with Gasteiger partial charge in [0.15, 0.2) is 0 Å². The molecule has 0 saturated carbocycles. The summed E-state index contributed by atoms with van der Waals surface area (Å²) in [5.74, 6) is 0. The highest BCUT2D eigenvalue weighted by molar-refractivity contribution is 5.23. The van der Waals surface area contributed by atoms with E-state index >= 15 is 0 Å². The van der Waals surface area contributed by atoms with Crippen molar-refractivity contribution in [2.45, 2.75) is 58.2 Å².